The maximum absolute atomic E-state index is 9.16. The van der Waals surface area contributed by atoms with Gasteiger partial charge in [-0.15, -0.1) is 0 Å². The van der Waals surface area contributed by atoms with E-state index in [4.69, 9.17) is 5.26 Å². The normalized spacial score (nSPS) is 15.7. The van der Waals surface area contributed by atoms with Gasteiger partial charge in [-0.05, 0) is 30.9 Å². The zero-order valence-corrected chi connectivity index (χ0v) is 10.0. The Balaban J connectivity index is 2.12. The summed E-state index contributed by atoms with van der Waals surface area (Å²) in [6.45, 7) is 6.47. The third-order valence-electron chi connectivity index (χ3n) is 3.36. The van der Waals surface area contributed by atoms with Crippen LogP contribution in [0.15, 0.2) is 18.2 Å². The van der Waals surface area contributed by atoms with Gasteiger partial charge in [-0.3, -0.25) is 0 Å². The highest BCUT2D eigenvalue weighted by atomic mass is 15.2. The summed E-state index contributed by atoms with van der Waals surface area (Å²) in [4.78, 5) is 2.33. The molecule has 0 radical (unpaired) electrons. The van der Waals surface area contributed by atoms with Gasteiger partial charge in [0.2, 0.25) is 0 Å². The van der Waals surface area contributed by atoms with Gasteiger partial charge in [0.05, 0.1) is 11.3 Å². The van der Waals surface area contributed by atoms with Crippen molar-refractivity contribution in [2.45, 2.75) is 26.7 Å². The minimum atomic E-state index is 0.831. The average molecular weight is 214 g/mol. The van der Waals surface area contributed by atoms with Crippen LogP contribution >= 0.6 is 0 Å². The second-order valence-corrected chi connectivity index (χ2v) is 4.64. The molecule has 0 unspecified atom stereocenters. The fourth-order valence-corrected chi connectivity index (χ4v) is 2.42. The van der Waals surface area contributed by atoms with Crippen LogP contribution in [0.2, 0.25) is 0 Å². The Morgan fingerprint density at radius 3 is 2.81 bits per heavy atom. The van der Waals surface area contributed by atoms with Crippen LogP contribution in [0.3, 0.4) is 0 Å². The zero-order chi connectivity index (χ0) is 11.5. The Morgan fingerprint density at radius 2 is 2.19 bits per heavy atom. The van der Waals surface area contributed by atoms with Crippen molar-refractivity contribution in [3.63, 3.8) is 0 Å². The predicted octanol–water partition coefficient (Wildman–Crippen LogP) is 3.10. The summed E-state index contributed by atoms with van der Waals surface area (Å²) >= 11 is 0. The van der Waals surface area contributed by atoms with E-state index in [-0.39, 0.29) is 0 Å². The first-order valence-electron chi connectivity index (χ1n) is 6.01. The largest absolute Gasteiger partial charge is 0.370 e. The van der Waals surface area contributed by atoms with Gasteiger partial charge in [0.15, 0.2) is 0 Å². The lowest BCUT2D eigenvalue weighted by Crippen LogP contribution is -2.47. The standard InChI is InChI=1S/C14H18N2/c1-3-5-12-9-16(10-12)14-7-4-6-11(2)13(14)8-15/h4,6-7,12H,3,5,9-10H2,1-2H3. The molecular formula is C14H18N2. The summed E-state index contributed by atoms with van der Waals surface area (Å²) in [6.07, 6.45) is 2.57. The van der Waals surface area contributed by atoms with E-state index in [2.05, 4.69) is 24.0 Å². The SMILES string of the molecule is CCCC1CN(c2cccc(C)c2C#N)C1. The van der Waals surface area contributed by atoms with Crippen LogP contribution < -0.4 is 4.90 Å². The fraction of sp³-hybridized carbons (Fsp3) is 0.500. The number of benzene rings is 1. The van der Waals surface area contributed by atoms with Crippen molar-refractivity contribution in [2.24, 2.45) is 5.92 Å². The Bertz CT molecular complexity index is 411. The number of hydrogen-bond acceptors (Lipinski definition) is 2. The Labute approximate surface area is 97.5 Å². The van der Waals surface area contributed by atoms with Crippen LogP contribution in [0.25, 0.3) is 0 Å². The summed E-state index contributed by atoms with van der Waals surface area (Å²) < 4.78 is 0. The van der Waals surface area contributed by atoms with Crippen molar-refractivity contribution in [3.05, 3.63) is 29.3 Å². The molecule has 1 aromatic rings. The van der Waals surface area contributed by atoms with E-state index >= 15 is 0 Å². The molecule has 1 fully saturated rings. The number of nitrogens with zero attached hydrogens (tertiary/aromatic N) is 2. The van der Waals surface area contributed by atoms with Crippen molar-refractivity contribution in [2.75, 3.05) is 18.0 Å². The van der Waals surface area contributed by atoms with Crippen molar-refractivity contribution in [1.29, 1.82) is 5.26 Å². The maximum atomic E-state index is 9.16. The highest BCUT2D eigenvalue weighted by Gasteiger charge is 2.27. The third kappa shape index (κ3) is 1.90. The van der Waals surface area contributed by atoms with Crippen molar-refractivity contribution in [1.82, 2.24) is 0 Å². The number of nitriles is 1. The molecule has 0 aromatic heterocycles. The van der Waals surface area contributed by atoms with Crippen LogP contribution in [0.5, 0.6) is 0 Å². The highest BCUT2D eigenvalue weighted by molar-refractivity contribution is 5.63. The molecule has 0 bridgehead atoms. The smallest absolute Gasteiger partial charge is 0.102 e. The van der Waals surface area contributed by atoms with Gasteiger partial charge in [-0.2, -0.15) is 5.26 Å². The molecular weight excluding hydrogens is 196 g/mol. The van der Waals surface area contributed by atoms with Crippen molar-refractivity contribution in [3.8, 4) is 6.07 Å². The zero-order valence-electron chi connectivity index (χ0n) is 10.0. The van der Waals surface area contributed by atoms with Gasteiger partial charge in [0, 0.05) is 13.1 Å². The predicted molar refractivity (Wildman–Crippen MR) is 66.5 cm³/mol. The molecule has 0 spiro atoms. The lowest BCUT2D eigenvalue weighted by Gasteiger charge is -2.41. The molecule has 0 amide bonds. The number of hydrogen-bond donors (Lipinski definition) is 0. The molecule has 84 valence electrons. The first-order chi connectivity index (χ1) is 7.76. The lowest BCUT2D eigenvalue weighted by atomic mass is 9.93. The van der Waals surface area contributed by atoms with Gasteiger partial charge < -0.3 is 4.90 Å². The van der Waals surface area contributed by atoms with E-state index in [9.17, 15) is 0 Å². The molecule has 0 saturated carbocycles. The van der Waals surface area contributed by atoms with Crippen LogP contribution in [0.1, 0.15) is 30.9 Å². The molecule has 1 saturated heterocycles. The quantitative estimate of drug-likeness (QED) is 0.773. The Hall–Kier alpha value is -1.49. The van der Waals surface area contributed by atoms with Gasteiger partial charge in [-0.25, -0.2) is 0 Å². The van der Waals surface area contributed by atoms with Crippen LogP contribution in [0, 0.1) is 24.2 Å². The highest BCUT2D eigenvalue weighted by Crippen LogP contribution is 2.30. The average Bonchev–Trinajstić information content (AvgIpc) is 2.22. The Kier molecular flexibility index (Phi) is 3.14. The van der Waals surface area contributed by atoms with E-state index in [0.717, 1.165) is 35.8 Å². The Morgan fingerprint density at radius 1 is 1.44 bits per heavy atom. The molecule has 0 N–H and O–H groups in total. The number of aryl methyl sites for hydroxylation is 1. The van der Waals surface area contributed by atoms with Crippen molar-refractivity contribution < 1.29 is 0 Å². The minimum Gasteiger partial charge on any atom is -0.370 e. The first kappa shape index (κ1) is 11.0. The third-order valence-corrected chi connectivity index (χ3v) is 3.36. The minimum absolute atomic E-state index is 0.831. The number of anilines is 1. The summed E-state index contributed by atoms with van der Waals surface area (Å²) in [6, 6.07) is 8.43. The van der Waals surface area contributed by atoms with Crippen LogP contribution in [-0.2, 0) is 0 Å². The van der Waals surface area contributed by atoms with Gasteiger partial charge in [0.1, 0.15) is 6.07 Å². The van der Waals surface area contributed by atoms with E-state index in [1.807, 2.05) is 19.1 Å². The molecule has 0 atom stereocenters. The first-order valence-corrected chi connectivity index (χ1v) is 6.01. The molecule has 2 heteroatoms. The van der Waals surface area contributed by atoms with Gasteiger partial charge in [0.25, 0.3) is 0 Å². The summed E-state index contributed by atoms with van der Waals surface area (Å²) in [5.74, 6) is 0.831. The molecule has 0 aliphatic carbocycles. The molecule has 2 rings (SSSR count). The van der Waals surface area contributed by atoms with Gasteiger partial charge in [-0.1, -0.05) is 25.5 Å². The molecule has 1 aromatic carbocycles. The van der Waals surface area contributed by atoms with Gasteiger partial charge >= 0.3 is 0 Å². The van der Waals surface area contributed by atoms with Crippen molar-refractivity contribution >= 4 is 5.69 Å². The topological polar surface area (TPSA) is 27.0 Å². The van der Waals surface area contributed by atoms with Crippen LogP contribution in [-0.4, -0.2) is 13.1 Å². The fourth-order valence-electron chi connectivity index (χ4n) is 2.42. The molecule has 16 heavy (non-hydrogen) atoms. The van der Waals surface area contributed by atoms with E-state index in [1.165, 1.54) is 12.8 Å². The molecule has 2 nitrogen and oxygen atoms in total. The maximum Gasteiger partial charge on any atom is 0.102 e. The number of rotatable bonds is 3. The molecule has 1 heterocycles. The monoisotopic (exact) mass is 214 g/mol. The molecule has 1 aliphatic heterocycles. The summed E-state index contributed by atoms with van der Waals surface area (Å²) in [5, 5.41) is 9.16. The van der Waals surface area contributed by atoms with E-state index in [1.54, 1.807) is 0 Å². The second kappa shape index (κ2) is 4.57. The molecule has 1 aliphatic rings. The van der Waals surface area contributed by atoms with E-state index in [0.29, 0.717) is 0 Å². The lowest BCUT2D eigenvalue weighted by molar-refractivity contribution is 0.380. The van der Waals surface area contributed by atoms with E-state index < -0.39 is 0 Å². The van der Waals surface area contributed by atoms with Crippen LogP contribution in [0.4, 0.5) is 5.69 Å². The second-order valence-electron chi connectivity index (χ2n) is 4.64. The summed E-state index contributed by atoms with van der Waals surface area (Å²) in [7, 11) is 0. The summed E-state index contributed by atoms with van der Waals surface area (Å²) in [5.41, 5.74) is 3.05.